The maximum Gasteiger partial charge on any atom is 0.338 e. The SMILES string of the molecule is Cc1ccc(NC(=O)[C@@H](C)OC(=O)c2ccc(-c3ccccc3)cc2)cc1. The molecule has 0 aliphatic heterocycles. The van der Waals surface area contributed by atoms with Crippen LogP contribution >= 0.6 is 0 Å². The largest absolute Gasteiger partial charge is 0.449 e. The summed E-state index contributed by atoms with van der Waals surface area (Å²) in [7, 11) is 0. The van der Waals surface area contributed by atoms with Gasteiger partial charge in [0.25, 0.3) is 5.91 Å². The van der Waals surface area contributed by atoms with Crippen LogP contribution in [-0.4, -0.2) is 18.0 Å². The van der Waals surface area contributed by atoms with Crippen molar-refractivity contribution in [2.24, 2.45) is 0 Å². The molecule has 0 radical (unpaired) electrons. The number of carbonyl (C=O) groups is 2. The number of amides is 1. The van der Waals surface area contributed by atoms with Crippen molar-refractivity contribution in [3.05, 3.63) is 90.0 Å². The van der Waals surface area contributed by atoms with Crippen molar-refractivity contribution in [3.63, 3.8) is 0 Å². The Morgan fingerprint density at radius 2 is 1.41 bits per heavy atom. The van der Waals surface area contributed by atoms with E-state index in [0.29, 0.717) is 11.3 Å². The average Bonchev–Trinajstić information content (AvgIpc) is 2.70. The summed E-state index contributed by atoms with van der Waals surface area (Å²) in [4.78, 5) is 24.5. The van der Waals surface area contributed by atoms with E-state index in [9.17, 15) is 9.59 Å². The molecule has 3 rings (SSSR count). The first-order valence-electron chi connectivity index (χ1n) is 8.77. The Bertz CT molecular complexity index is 916. The highest BCUT2D eigenvalue weighted by Crippen LogP contribution is 2.20. The van der Waals surface area contributed by atoms with E-state index in [2.05, 4.69) is 5.32 Å². The average molecular weight is 359 g/mol. The lowest BCUT2D eigenvalue weighted by Crippen LogP contribution is -2.30. The fraction of sp³-hybridized carbons (Fsp3) is 0.130. The maximum atomic E-state index is 12.3. The molecule has 3 aromatic carbocycles. The standard InChI is InChI=1S/C23H21NO3/c1-16-8-14-21(15-9-16)24-22(25)17(2)27-23(26)20-12-10-19(11-13-20)18-6-4-3-5-7-18/h3-15,17H,1-2H3,(H,24,25)/t17-/m1/s1. The lowest BCUT2D eigenvalue weighted by Gasteiger charge is -2.14. The van der Waals surface area contributed by atoms with Gasteiger partial charge in [-0.1, -0.05) is 60.2 Å². The van der Waals surface area contributed by atoms with Gasteiger partial charge in [-0.15, -0.1) is 0 Å². The van der Waals surface area contributed by atoms with Crippen LogP contribution in [0.25, 0.3) is 11.1 Å². The number of rotatable bonds is 5. The first-order valence-corrected chi connectivity index (χ1v) is 8.77. The monoisotopic (exact) mass is 359 g/mol. The molecule has 3 aromatic rings. The predicted octanol–water partition coefficient (Wildman–Crippen LogP) is 4.85. The first-order chi connectivity index (χ1) is 13.0. The van der Waals surface area contributed by atoms with Crippen LogP contribution in [0.2, 0.25) is 0 Å². The van der Waals surface area contributed by atoms with Crippen molar-refractivity contribution in [1.82, 2.24) is 0 Å². The molecule has 136 valence electrons. The van der Waals surface area contributed by atoms with Gasteiger partial charge in [-0.2, -0.15) is 0 Å². The quantitative estimate of drug-likeness (QED) is 0.663. The molecule has 0 unspecified atom stereocenters. The zero-order valence-electron chi connectivity index (χ0n) is 15.3. The minimum Gasteiger partial charge on any atom is -0.449 e. The van der Waals surface area contributed by atoms with Crippen molar-refractivity contribution in [2.45, 2.75) is 20.0 Å². The third-order valence-corrected chi connectivity index (χ3v) is 4.20. The zero-order valence-corrected chi connectivity index (χ0v) is 15.3. The Morgan fingerprint density at radius 3 is 2.04 bits per heavy atom. The smallest absolute Gasteiger partial charge is 0.338 e. The summed E-state index contributed by atoms with van der Waals surface area (Å²) >= 11 is 0. The fourth-order valence-corrected chi connectivity index (χ4v) is 2.59. The molecule has 27 heavy (non-hydrogen) atoms. The molecule has 0 fully saturated rings. The lowest BCUT2D eigenvalue weighted by atomic mass is 10.0. The van der Waals surface area contributed by atoms with Gasteiger partial charge >= 0.3 is 5.97 Å². The highest BCUT2D eigenvalue weighted by molar-refractivity contribution is 5.97. The van der Waals surface area contributed by atoms with Crippen LogP contribution in [0.5, 0.6) is 0 Å². The summed E-state index contributed by atoms with van der Waals surface area (Å²) in [6.45, 7) is 3.53. The molecule has 0 heterocycles. The Balaban J connectivity index is 1.60. The van der Waals surface area contributed by atoms with E-state index in [4.69, 9.17) is 4.74 Å². The Labute approximate surface area is 158 Å². The fourth-order valence-electron chi connectivity index (χ4n) is 2.59. The Morgan fingerprint density at radius 1 is 0.815 bits per heavy atom. The molecule has 0 aromatic heterocycles. The highest BCUT2D eigenvalue weighted by Gasteiger charge is 2.19. The van der Waals surface area contributed by atoms with E-state index in [1.807, 2.05) is 73.7 Å². The molecule has 0 aliphatic carbocycles. The molecule has 1 N–H and O–H groups in total. The van der Waals surface area contributed by atoms with Gasteiger partial charge in [-0.05, 0) is 49.2 Å². The second kappa shape index (κ2) is 8.32. The molecule has 0 bridgehead atoms. The zero-order chi connectivity index (χ0) is 19.2. The number of anilines is 1. The molecule has 0 spiro atoms. The number of aryl methyl sites for hydroxylation is 1. The summed E-state index contributed by atoms with van der Waals surface area (Å²) < 4.78 is 5.29. The maximum absolute atomic E-state index is 12.3. The third-order valence-electron chi connectivity index (χ3n) is 4.20. The van der Waals surface area contributed by atoms with Crippen LogP contribution in [0.15, 0.2) is 78.9 Å². The van der Waals surface area contributed by atoms with Gasteiger partial charge in [0.2, 0.25) is 0 Å². The Hall–Kier alpha value is -3.40. The van der Waals surface area contributed by atoms with Crippen molar-refractivity contribution in [3.8, 4) is 11.1 Å². The number of ether oxygens (including phenoxy) is 1. The molecule has 1 amide bonds. The van der Waals surface area contributed by atoms with Crippen molar-refractivity contribution in [1.29, 1.82) is 0 Å². The van der Waals surface area contributed by atoms with Gasteiger partial charge in [0.05, 0.1) is 5.56 Å². The van der Waals surface area contributed by atoms with Crippen molar-refractivity contribution >= 4 is 17.6 Å². The third kappa shape index (κ3) is 4.82. The van der Waals surface area contributed by atoms with Crippen LogP contribution in [0.1, 0.15) is 22.8 Å². The number of hydrogen-bond donors (Lipinski definition) is 1. The summed E-state index contributed by atoms with van der Waals surface area (Å²) in [5.41, 5.74) is 4.26. The van der Waals surface area contributed by atoms with E-state index < -0.39 is 12.1 Å². The molecular weight excluding hydrogens is 338 g/mol. The second-order valence-corrected chi connectivity index (χ2v) is 6.35. The topological polar surface area (TPSA) is 55.4 Å². The predicted molar refractivity (Wildman–Crippen MR) is 107 cm³/mol. The number of nitrogens with one attached hydrogen (secondary N) is 1. The lowest BCUT2D eigenvalue weighted by molar-refractivity contribution is -0.123. The molecule has 1 atom stereocenters. The van der Waals surface area contributed by atoms with Crippen LogP contribution in [0.3, 0.4) is 0 Å². The summed E-state index contributed by atoms with van der Waals surface area (Å²) in [5, 5.41) is 2.74. The first kappa shape index (κ1) is 18.4. The molecule has 4 heteroatoms. The van der Waals surface area contributed by atoms with E-state index in [0.717, 1.165) is 16.7 Å². The van der Waals surface area contributed by atoms with E-state index in [1.165, 1.54) is 0 Å². The summed E-state index contributed by atoms with van der Waals surface area (Å²) in [6, 6.07) is 24.5. The molecular formula is C23H21NO3. The van der Waals surface area contributed by atoms with Crippen molar-refractivity contribution in [2.75, 3.05) is 5.32 Å². The summed E-state index contributed by atoms with van der Waals surface area (Å²) in [5.74, 6) is -0.894. The van der Waals surface area contributed by atoms with Gasteiger partial charge in [-0.3, -0.25) is 4.79 Å². The molecule has 0 saturated heterocycles. The van der Waals surface area contributed by atoms with E-state index >= 15 is 0 Å². The molecule has 4 nitrogen and oxygen atoms in total. The highest BCUT2D eigenvalue weighted by atomic mass is 16.5. The van der Waals surface area contributed by atoms with Crippen LogP contribution in [0, 0.1) is 6.92 Å². The van der Waals surface area contributed by atoms with Crippen LogP contribution in [0.4, 0.5) is 5.69 Å². The second-order valence-electron chi connectivity index (χ2n) is 6.35. The number of esters is 1. The number of hydrogen-bond acceptors (Lipinski definition) is 3. The Kier molecular flexibility index (Phi) is 5.67. The molecule has 0 saturated carbocycles. The van der Waals surface area contributed by atoms with E-state index in [1.54, 1.807) is 19.1 Å². The number of benzene rings is 3. The van der Waals surface area contributed by atoms with E-state index in [-0.39, 0.29) is 5.91 Å². The molecule has 0 aliphatic rings. The van der Waals surface area contributed by atoms with Crippen molar-refractivity contribution < 1.29 is 14.3 Å². The van der Waals surface area contributed by atoms with Gasteiger partial charge in [0.1, 0.15) is 0 Å². The van der Waals surface area contributed by atoms with Crippen LogP contribution in [-0.2, 0) is 9.53 Å². The van der Waals surface area contributed by atoms with Gasteiger partial charge in [0, 0.05) is 5.69 Å². The minimum absolute atomic E-state index is 0.367. The van der Waals surface area contributed by atoms with Gasteiger partial charge < -0.3 is 10.1 Å². The summed E-state index contributed by atoms with van der Waals surface area (Å²) in [6.07, 6.45) is -0.896. The normalized spacial score (nSPS) is 11.5. The number of carbonyl (C=O) groups excluding carboxylic acids is 2. The van der Waals surface area contributed by atoms with Gasteiger partial charge in [-0.25, -0.2) is 4.79 Å². The van der Waals surface area contributed by atoms with Gasteiger partial charge in [0.15, 0.2) is 6.10 Å². The minimum atomic E-state index is -0.896. The van der Waals surface area contributed by atoms with Crippen LogP contribution < -0.4 is 5.32 Å².